The van der Waals surface area contributed by atoms with Gasteiger partial charge in [0, 0.05) is 18.7 Å². The van der Waals surface area contributed by atoms with Gasteiger partial charge in [0.2, 0.25) is 0 Å². The Bertz CT molecular complexity index is 399. The lowest BCUT2D eigenvalue weighted by Crippen LogP contribution is -2.31. The van der Waals surface area contributed by atoms with Crippen LogP contribution in [0.3, 0.4) is 0 Å². The van der Waals surface area contributed by atoms with E-state index in [9.17, 15) is 0 Å². The van der Waals surface area contributed by atoms with E-state index in [0.29, 0.717) is 12.6 Å². The molecule has 19 heavy (non-hydrogen) atoms. The normalized spacial score (nSPS) is 16.6. The van der Waals surface area contributed by atoms with Crippen LogP contribution in [0.15, 0.2) is 12.4 Å². The van der Waals surface area contributed by atoms with Crippen molar-refractivity contribution in [2.75, 3.05) is 23.7 Å². The summed E-state index contributed by atoms with van der Waals surface area (Å²) in [6.07, 6.45) is 6.73. The zero-order valence-corrected chi connectivity index (χ0v) is 11.9. The molecule has 1 aromatic heterocycles. The molecular weight excluding hydrogens is 238 g/mol. The van der Waals surface area contributed by atoms with Crippen LogP contribution in [0.4, 0.5) is 11.6 Å². The Balaban J connectivity index is 1.91. The van der Waals surface area contributed by atoms with Gasteiger partial charge in [-0.15, -0.1) is 0 Å². The van der Waals surface area contributed by atoms with E-state index in [4.69, 9.17) is 5.73 Å². The molecule has 0 unspecified atom stereocenters. The van der Waals surface area contributed by atoms with Gasteiger partial charge in [0.25, 0.3) is 0 Å². The largest absolute Gasteiger partial charge is 0.369 e. The van der Waals surface area contributed by atoms with Crippen LogP contribution in [-0.2, 0) is 0 Å². The Hall–Kier alpha value is -1.36. The molecule has 2 rings (SSSR count). The van der Waals surface area contributed by atoms with E-state index < -0.39 is 0 Å². The average molecular weight is 263 g/mol. The van der Waals surface area contributed by atoms with Crippen molar-refractivity contribution in [3.63, 3.8) is 0 Å². The maximum absolute atomic E-state index is 5.72. The molecule has 4 N–H and O–H groups in total. The van der Waals surface area contributed by atoms with E-state index in [-0.39, 0.29) is 5.41 Å². The van der Waals surface area contributed by atoms with E-state index in [0.717, 1.165) is 18.2 Å². The third-order valence-electron chi connectivity index (χ3n) is 3.67. The van der Waals surface area contributed by atoms with Crippen LogP contribution in [0.5, 0.6) is 0 Å². The second-order valence-corrected chi connectivity index (χ2v) is 6.14. The predicted molar refractivity (Wildman–Crippen MR) is 79.2 cm³/mol. The molecule has 0 amide bonds. The number of rotatable bonds is 6. The van der Waals surface area contributed by atoms with E-state index >= 15 is 0 Å². The van der Waals surface area contributed by atoms with Crippen LogP contribution in [0.25, 0.3) is 0 Å². The zero-order valence-electron chi connectivity index (χ0n) is 11.9. The third kappa shape index (κ3) is 4.35. The van der Waals surface area contributed by atoms with Gasteiger partial charge in [0.15, 0.2) is 0 Å². The molecule has 1 aliphatic carbocycles. The van der Waals surface area contributed by atoms with Gasteiger partial charge in [0.1, 0.15) is 18.0 Å². The summed E-state index contributed by atoms with van der Waals surface area (Å²) in [6.45, 7) is 5.74. The number of aromatic nitrogens is 2. The van der Waals surface area contributed by atoms with Crippen molar-refractivity contribution in [3.8, 4) is 0 Å². The molecule has 5 heteroatoms. The molecule has 1 fully saturated rings. The molecule has 0 radical (unpaired) electrons. The SMILES string of the molecule is CC(C)(CN)CNc1cc(NC2CCCC2)ncn1. The first-order valence-corrected chi connectivity index (χ1v) is 7.12. The van der Waals surface area contributed by atoms with Gasteiger partial charge >= 0.3 is 0 Å². The van der Waals surface area contributed by atoms with Crippen LogP contribution in [0.2, 0.25) is 0 Å². The Labute approximate surface area is 115 Å². The van der Waals surface area contributed by atoms with E-state index in [1.807, 2.05) is 6.07 Å². The zero-order chi connectivity index (χ0) is 13.7. The standard InChI is InChI=1S/C14H25N5/c1-14(2,8-15)9-16-12-7-13(18-10-17-12)19-11-5-3-4-6-11/h7,10-11H,3-6,8-9,15H2,1-2H3,(H2,16,17,18,19). The molecule has 106 valence electrons. The summed E-state index contributed by atoms with van der Waals surface area (Å²) < 4.78 is 0. The third-order valence-corrected chi connectivity index (χ3v) is 3.67. The minimum atomic E-state index is 0.0734. The molecular formula is C14H25N5. The molecule has 0 spiro atoms. The number of nitrogens with one attached hydrogen (secondary N) is 2. The van der Waals surface area contributed by atoms with E-state index in [1.54, 1.807) is 6.33 Å². The highest BCUT2D eigenvalue weighted by Gasteiger charge is 2.17. The van der Waals surface area contributed by atoms with E-state index in [1.165, 1.54) is 25.7 Å². The van der Waals surface area contributed by atoms with Gasteiger partial charge in [0.05, 0.1) is 0 Å². The quantitative estimate of drug-likeness (QED) is 0.734. The van der Waals surface area contributed by atoms with Gasteiger partial charge < -0.3 is 16.4 Å². The highest BCUT2D eigenvalue weighted by molar-refractivity contribution is 5.47. The summed E-state index contributed by atoms with van der Waals surface area (Å²) in [7, 11) is 0. The Kier molecular flexibility index (Phi) is 4.58. The molecule has 0 atom stereocenters. The molecule has 1 saturated carbocycles. The highest BCUT2D eigenvalue weighted by atomic mass is 15.1. The number of hydrogen-bond acceptors (Lipinski definition) is 5. The number of hydrogen-bond donors (Lipinski definition) is 3. The van der Waals surface area contributed by atoms with Gasteiger partial charge in [-0.2, -0.15) is 0 Å². The summed E-state index contributed by atoms with van der Waals surface area (Å²) >= 11 is 0. The van der Waals surface area contributed by atoms with Crippen LogP contribution in [-0.4, -0.2) is 29.1 Å². The minimum Gasteiger partial charge on any atom is -0.369 e. The summed E-state index contributed by atoms with van der Waals surface area (Å²) in [5.74, 6) is 1.77. The van der Waals surface area contributed by atoms with Gasteiger partial charge in [-0.3, -0.25) is 0 Å². The fourth-order valence-corrected chi connectivity index (χ4v) is 2.21. The molecule has 1 heterocycles. The minimum absolute atomic E-state index is 0.0734. The Morgan fingerprint density at radius 2 is 1.95 bits per heavy atom. The van der Waals surface area contributed by atoms with Crippen LogP contribution in [0, 0.1) is 5.41 Å². The number of nitrogens with two attached hydrogens (primary N) is 1. The summed E-state index contributed by atoms with van der Waals surface area (Å²) in [5, 5.41) is 6.81. The molecule has 0 aromatic carbocycles. The lowest BCUT2D eigenvalue weighted by atomic mass is 9.94. The van der Waals surface area contributed by atoms with Crippen molar-refractivity contribution in [2.24, 2.45) is 11.1 Å². The highest BCUT2D eigenvalue weighted by Crippen LogP contribution is 2.22. The van der Waals surface area contributed by atoms with Crippen molar-refractivity contribution in [1.29, 1.82) is 0 Å². The van der Waals surface area contributed by atoms with Crippen molar-refractivity contribution >= 4 is 11.6 Å². The summed E-state index contributed by atoms with van der Waals surface area (Å²) in [6, 6.07) is 2.55. The molecule has 1 aromatic rings. The number of nitrogens with zero attached hydrogens (tertiary/aromatic N) is 2. The van der Waals surface area contributed by atoms with Crippen molar-refractivity contribution < 1.29 is 0 Å². The first kappa shape index (κ1) is 14.1. The molecule has 5 nitrogen and oxygen atoms in total. The Morgan fingerprint density at radius 3 is 2.63 bits per heavy atom. The molecule has 1 aliphatic rings. The predicted octanol–water partition coefficient (Wildman–Crippen LogP) is 2.23. The number of anilines is 2. The van der Waals surface area contributed by atoms with Gasteiger partial charge in [-0.05, 0) is 24.8 Å². The fraction of sp³-hybridized carbons (Fsp3) is 0.714. The fourth-order valence-electron chi connectivity index (χ4n) is 2.21. The van der Waals surface area contributed by atoms with Crippen LogP contribution < -0.4 is 16.4 Å². The first-order chi connectivity index (χ1) is 9.09. The van der Waals surface area contributed by atoms with Gasteiger partial charge in [-0.25, -0.2) is 9.97 Å². The van der Waals surface area contributed by atoms with Gasteiger partial charge in [-0.1, -0.05) is 26.7 Å². The lowest BCUT2D eigenvalue weighted by Gasteiger charge is -2.23. The van der Waals surface area contributed by atoms with Crippen molar-refractivity contribution in [2.45, 2.75) is 45.6 Å². The summed E-state index contributed by atoms with van der Waals surface area (Å²) in [5.41, 5.74) is 5.80. The van der Waals surface area contributed by atoms with Crippen LogP contribution >= 0.6 is 0 Å². The molecule has 0 aliphatic heterocycles. The maximum atomic E-state index is 5.72. The second kappa shape index (κ2) is 6.19. The maximum Gasteiger partial charge on any atom is 0.131 e. The van der Waals surface area contributed by atoms with Crippen molar-refractivity contribution in [3.05, 3.63) is 12.4 Å². The molecule has 0 bridgehead atoms. The smallest absolute Gasteiger partial charge is 0.131 e. The first-order valence-electron chi connectivity index (χ1n) is 7.12. The summed E-state index contributed by atoms with van der Waals surface area (Å²) in [4.78, 5) is 8.53. The lowest BCUT2D eigenvalue weighted by molar-refractivity contribution is 0.405. The average Bonchev–Trinajstić information content (AvgIpc) is 2.90. The van der Waals surface area contributed by atoms with E-state index in [2.05, 4.69) is 34.4 Å². The molecule has 0 saturated heterocycles. The van der Waals surface area contributed by atoms with Crippen LogP contribution in [0.1, 0.15) is 39.5 Å². The van der Waals surface area contributed by atoms with Crippen molar-refractivity contribution in [1.82, 2.24) is 9.97 Å². The second-order valence-electron chi connectivity index (χ2n) is 6.14. The Morgan fingerprint density at radius 1 is 1.26 bits per heavy atom. The monoisotopic (exact) mass is 263 g/mol. The topological polar surface area (TPSA) is 75.9 Å².